The first kappa shape index (κ1) is 20.9. The molecule has 0 radical (unpaired) electrons. The molecule has 3 aromatic rings. The molecule has 0 aliphatic heterocycles. The van der Waals surface area contributed by atoms with Crippen molar-refractivity contribution in [3.05, 3.63) is 90.8 Å². The number of aromatic hydroxyl groups is 2. The first-order chi connectivity index (χ1) is 15.2. The number of rotatable bonds is 5. The van der Waals surface area contributed by atoms with Gasteiger partial charge in [-0.2, -0.15) is 0 Å². The van der Waals surface area contributed by atoms with Crippen LogP contribution >= 0.6 is 0 Å². The minimum absolute atomic E-state index is 0.128. The van der Waals surface area contributed by atoms with Crippen molar-refractivity contribution in [2.24, 2.45) is 0 Å². The van der Waals surface area contributed by atoms with Crippen LogP contribution in [0.5, 0.6) is 11.5 Å². The largest absolute Gasteiger partial charge is 0.502 e. The third-order valence-electron chi connectivity index (χ3n) is 5.70. The van der Waals surface area contributed by atoms with Crippen LogP contribution in [0.25, 0.3) is 11.1 Å². The molecule has 0 amide bonds. The Labute approximate surface area is 179 Å². The lowest BCUT2D eigenvalue weighted by Gasteiger charge is -2.21. The summed E-state index contributed by atoms with van der Waals surface area (Å²) in [6, 6.07) is 9.51. The van der Waals surface area contributed by atoms with Crippen LogP contribution in [0.4, 0.5) is 15.8 Å². The molecule has 0 spiro atoms. The van der Waals surface area contributed by atoms with Gasteiger partial charge in [-0.1, -0.05) is 24.3 Å². The van der Waals surface area contributed by atoms with E-state index in [2.05, 4.69) is 0 Å². The second-order valence-corrected chi connectivity index (χ2v) is 7.36. The van der Waals surface area contributed by atoms with Crippen molar-refractivity contribution in [2.45, 2.75) is 18.8 Å². The second kappa shape index (κ2) is 7.73. The van der Waals surface area contributed by atoms with Crippen LogP contribution in [0.2, 0.25) is 0 Å². The fourth-order valence-electron chi connectivity index (χ4n) is 4.34. The first-order valence-electron chi connectivity index (χ1n) is 9.49. The Kier molecular flexibility index (Phi) is 5.05. The van der Waals surface area contributed by atoms with Gasteiger partial charge in [-0.25, -0.2) is 4.39 Å². The molecule has 9 nitrogen and oxygen atoms in total. The van der Waals surface area contributed by atoms with Gasteiger partial charge in [0.15, 0.2) is 6.29 Å². The van der Waals surface area contributed by atoms with Crippen LogP contribution in [0, 0.1) is 26.0 Å². The van der Waals surface area contributed by atoms with Gasteiger partial charge in [0, 0.05) is 17.5 Å². The van der Waals surface area contributed by atoms with Crippen LogP contribution in [0.15, 0.2) is 42.5 Å². The van der Waals surface area contributed by atoms with E-state index in [1.165, 1.54) is 0 Å². The summed E-state index contributed by atoms with van der Waals surface area (Å²) in [7, 11) is 0. The Balaban J connectivity index is 2.12. The van der Waals surface area contributed by atoms with E-state index in [1.54, 1.807) is 12.1 Å². The van der Waals surface area contributed by atoms with E-state index in [-0.39, 0.29) is 28.5 Å². The number of carbonyl (C=O) groups is 1. The molecule has 1 unspecified atom stereocenters. The van der Waals surface area contributed by atoms with Gasteiger partial charge in [0.2, 0.25) is 11.5 Å². The number of phenols is 2. The number of benzene rings is 3. The average Bonchev–Trinajstić information content (AvgIpc) is 3.18. The van der Waals surface area contributed by atoms with Crippen LogP contribution in [-0.2, 0) is 6.42 Å². The molecule has 3 aromatic carbocycles. The molecule has 32 heavy (non-hydrogen) atoms. The summed E-state index contributed by atoms with van der Waals surface area (Å²) < 4.78 is 14.3. The predicted octanol–water partition coefficient (Wildman–Crippen LogP) is 4.61. The zero-order chi connectivity index (χ0) is 23.2. The van der Waals surface area contributed by atoms with E-state index >= 15 is 0 Å². The Morgan fingerprint density at radius 1 is 0.969 bits per heavy atom. The number of nitro groups is 2. The zero-order valence-corrected chi connectivity index (χ0v) is 16.3. The van der Waals surface area contributed by atoms with Crippen molar-refractivity contribution in [1.82, 2.24) is 0 Å². The van der Waals surface area contributed by atoms with Gasteiger partial charge < -0.3 is 10.2 Å². The summed E-state index contributed by atoms with van der Waals surface area (Å²) in [5, 5.41) is 43.8. The van der Waals surface area contributed by atoms with Crippen molar-refractivity contribution in [1.29, 1.82) is 0 Å². The lowest BCUT2D eigenvalue weighted by atomic mass is 9.82. The highest BCUT2D eigenvalue weighted by atomic mass is 19.1. The van der Waals surface area contributed by atoms with Crippen LogP contribution in [0.3, 0.4) is 0 Å². The van der Waals surface area contributed by atoms with Crippen molar-refractivity contribution in [3.8, 4) is 22.6 Å². The molecular formula is C22H15FN2O7. The number of hydrogen-bond donors (Lipinski definition) is 2. The normalized spacial score (nSPS) is 14.7. The maximum absolute atomic E-state index is 14.3. The van der Waals surface area contributed by atoms with Gasteiger partial charge >= 0.3 is 11.4 Å². The molecule has 0 saturated carbocycles. The topological polar surface area (TPSA) is 144 Å². The van der Waals surface area contributed by atoms with Gasteiger partial charge in [-0.05, 0) is 41.2 Å². The summed E-state index contributed by atoms with van der Waals surface area (Å²) in [5.41, 5.74) is -0.793. The number of fused-ring (bicyclic) bond motifs is 1. The fraction of sp³-hybridized carbons (Fsp3) is 0.136. The number of nitrogens with zero attached hydrogens (tertiary/aromatic N) is 2. The molecule has 10 heteroatoms. The SMILES string of the molecule is O=Cc1c(O)c([N+](=O)[O-])cc(-c2cc(F)cc([N+](=O)[O-])c2O)c1C1CCc2ccccc21. The van der Waals surface area contributed by atoms with Crippen LogP contribution in [0.1, 0.15) is 39.4 Å². The third kappa shape index (κ3) is 3.22. The molecular weight excluding hydrogens is 423 g/mol. The van der Waals surface area contributed by atoms with E-state index in [1.807, 2.05) is 12.1 Å². The maximum Gasteiger partial charge on any atom is 0.314 e. The van der Waals surface area contributed by atoms with Gasteiger partial charge in [-0.3, -0.25) is 25.0 Å². The molecule has 4 rings (SSSR count). The van der Waals surface area contributed by atoms with Crippen molar-refractivity contribution < 1.29 is 29.2 Å². The summed E-state index contributed by atoms with van der Waals surface area (Å²) in [4.78, 5) is 32.9. The van der Waals surface area contributed by atoms with Crippen molar-refractivity contribution in [2.75, 3.05) is 0 Å². The lowest BCUT2D eigenvalue weighted by molar-refractivity contribution is -0.386. The molecule has 162 valence electrons. The smallest absolute Gasteiger partial charge is 0.314 e. The van der Waals surface area contributed by atoms with E-state index in [9.17, 15) is 39.6 Å². The molecule has 0 fully saturated rings. The number of aldehydes is 1. The van der Waals surface area contributed by atoms with Gasteiger partial charge in [0.05, 0.1) is 21.5 Å². The Morgan fingerprint density at radius 3 is 2.28 bits per heavy atom. The maximum atomic E-state index is 14.3. The zero-order valence-electron chi connectivity index (χ0n) is 16.3. The minimum atomic E-state index is -1.05. The number of halogens is 1. The van der Waals surface area contributed by atoms with Crippen LogP contribution < -0.4 is 0 Å². The summed E-state index contributed by atoms with van der Waals surface area (Å²) in [5.74, 6) is -3.33. The Bertz CT molecular complexity index is 1310. The van der Waals surface area contributed by atoms with Gasteiger partial charge in [0.1, 0.15) is 5.82 Å². The third-order valence-corrected chi connectivity index (χ3v) is 5.70. The standard InChI is InChI=1S/C22H15FN2O7/c23-12-7-16(21(27)18(8-12)24(29)30)15-9-19(25(31)32)22(28)17(10-26)20(15)14-6-5-11-3-1-2-4-13(11)14/h1-4,7-10,14,27-28H,5-6H2. The highest BCUT2D eigenvalue weighted by Crippen LogP contribution is 2.50. The van der Waals surface area contributed by atoms with E-state index in [0.717, 1.165) is 23.3 Å². The molecule has 2 N–H and O–H groups in total. The molecule has 0 aromatic heterocycles. The van der Waals surface area contributed by atoms with Gasteiger partial charge in [0.25, 0.3) is 0 Å². The van der Waals surface area contributed by atoms with Gasteiger partial charge in [-0.15, -0.1) is 0 Å². The molecule has 0 saturated heterocycles. The molecule has 1 aliphatic rings. The number of aryl methyl sites for hydroxylation is 1. The lowest BCUT2D eigenvalue weighted by Crippen LogP contribution is -2.07. The monoisotopic (exact) mass is 438 g/mol. The molecule has 1 atom stereocenters. The molecule has 1 aliphatic carbocycles. The van der Waals surface area contributed by atoms with Crippen LogP contribution in [-0.4, -0.2) is 26.3 Å². The van der Waals surface area contributed by atoms with E-state index < -0.39 is 44.5 Å². The summed E-state index contributed by atoms with van der Waals surface area (Å²) >= 11 is 0. The number of phenolic OH excluding ortho intramolecular Hbond substituents is 2. The summed E-state index contributed by atoms with van der Waals surface area (Å²) in [6.45, 7) is 0. The minimum Gasteiger partial charge on any atom is -0.502 e. The molecule has 0 bridgehead atoms. The van der Waals surface area contributed by atoms with Crippen molar-refractivity contribution >= 4 is 17.7 Å². The quantitative estimate of drug-likeness (QED) is 0.336. The molecule has 0 heterocycles. The number of carbonyl (C=O) groups excluding carboxylic acids is 1. The van der Waals surface area contributed by atoms with Crippen molar-refractivity contribution in [3.63, 3.8) is 0 Å². The van der Waals surface area contributed by atoms with E-state index in [4.69, 9.17) is 0 Å². The Hall–Kier alpha value is -4.34. The average molecular weight is 438 g/mol. The Morgan fingerprint density at radius 2 is 1.62 bits per heavy atom. The number of hydrogen-bond acceptors (Lipinski definition) is 7. The van der Waals surface area contributed by atoms with E-state index in [0.29, 0.717) is 18.9 Å². The highest BCUT2D eigenvalue weighted by Gasteiger charge is 2.34. The fourth-order valence-corrected chi connectivity index (χ4v) is 4.34. The number of nitro benzene ring substituents is 2. The predicted molar refractivity (Wildman–Crippen MR) is 110 cm³/mol. The highest BCUT2D eigenvalue weighted by molar-refractivity contribution is 5.92. The summed E-state index contributed by atoms with van der Waals surface area (Å²) in [6.07, 6.45) is 1.35. The second-order valence-electron chi connectivity index (χ2n) is 7.36. The first-order valence-corrected chi connectivity index (χ1v) is 9.49.